The Bertz CT molecular complexity index is 371. The molecule has 0 bridgehead atoms. The molecule has 0 unspecified atom stereocenters. The van der Waals surface area contributed by atoms with E-state index in [1.807, 2.05) is 18.7 Å². The first-order valence-electron chi connectivity index (χ1n) is 4.84. The zero-order valence-electron chi connectivity index (χ0n) is 9.06. The summed E-state index contributed by atoms with van der Waals surface area (Å²) < 4.78 is 0. The minimum absolute atomic E-state index is 0.0343. The lowest BCUT2D eigenvalue weighted by Crippen LogP contribution is -2.25. The highest BCUT2D eigenvalue weighted by Crippen LogP contribution is 2.10. The minimum atomic E-state index is -0.0343. The fraction of sp³-hybridized carbons (Fsp3) is 0.455. The molecular formula is C11H15N3O. The molecule has 0 aliphatic rings. The molecule has 0 saturated heterocycles. The van der Waals surface area contributed by atoms with Gasteiger partial charge in [-0.2, -0.15) is 0 Å². The van der Waals surface area contributed by atoms with Crippen molar-refractivity contribution in [2.24, 2.45) is 0 Å². The molecule has 4 nitrogen and oxygen atoms in total. The van der Waals surface area contributed by atoms with Crippen molar-refractivity contribution in [3.8, 4) is 12.3 Å². The largest absolute Gasteiger partial charge is 0.392 e. The number of terminal acetylenes is 1. The van der Waals surface area contributed by atoms with Gasteiger partial charge in [0.1, 0.15) is 0 Å². The third kappa shape index (κ3) is 2.67. The smallest absolute Gasteiger partial charge is 0.226 e. The normalized spacial score (nSPS) is 9.73. The molecule has 1 rings (SSSR count). The zero-order valence-corrected chi connectivity index (χ0v) is 9.06. The first-order valence-corrected chi connectivity index (χ1v) is 4.84. The molecule has 1 aromatic heterocycles. The number of aliphatic hydroxyl groups excluding tert-OH is 1. The number of aryl methyl sites for hydroxylation is 1. The van der Waals surface area contributed by atoms with Crippen LogP contribution in [0.25, 0.3) is 0 Å². The van der Waals surface area contributed by atoms with E-state index in [9.17, 15) is 0 Å². The van der Waals surface area contributed by atoms with E-state index in [2.05, 4.69) is 15.9 Å². The van der Waals surface area contributed by atoms with E-state index in [0.717, 1.165) is 17.8 Å². The summed E-state index contributed by atoms with van der Waals surface area (Å²) in [6.45, 7) is 5.07. The number of aromatic nitrogens is 2. The quantitative estimate of drug-likeness (QED) is 0.736. The van der Waals surface area contributed by atoms with E-state index in [1.54, 1.807) is 6.20 Å². The number of hydrogen-bond donors (Lipinski definition) is 1. The van der Waals surface area contributed by atoms with Gasteiger partial charge in [-0.05, 0) is 13.8 Å². The molecule has 0 spiro atoms. The van der Waals surface area contributed by atoms with Crippen LogP contribution in [0, 0.1) is 19.3 Å². The molecule has 1 heterocycles. The monoisotopic (exact) mass is 205 g/mol. The highest BCUT2D eigenvalue weighted by Gasteiger charge is 2.07. The van der Waals surface area contributed by atoms with Crippen molar-refractivity contribution in [3.05, 3.63) is 17.5 Å². The SMILES string of the molecule is C#CCN(CC)c1ncc(CO)c(C)n1. The van der Waals surface area contributed by atoms with Crippen LogP contribution < -0.4 is 4.90 Å². The Morgan fingerprint density at radius 3 is 2.80 bits per heavy atom. The number of aliphatic hydroxyl groups is 1. The molecular weight excluding hydrogens is 190 g/mol. The molecule has 4 heteroatoms. The van der Waals surface area contributed by atoms with E-state index in [4.69, 9.17) is 11.5 Å². The van der Waals surface area contributed by atoms with Crippen LogP contribution in [-0.2, 0) is 6.61 Å². The molecule has 15 heavy (non-hydrogen) atoms. The van der Waals surface area contributed by atoms with Crippen LogP contribution in [0.4, 0.5) is 5.95 Å². The third-order valence-corrected chi connectivity index (χ3v) is 2.19. The molecule has 80 valence electrons. The van der Waals surface area contributed by atoms with Crippen LogP contribution in [0.3, 0.4) is 0 Å². The predicted molar refractivity (Wildman–Crippen MR) is 59.4 cm³/mol. The Kier molecular flexibility index (Phi) is 4.07. The predicted octanol–water partition coefficient (Wildman–Crippen LogP) is 0.737. The summed E-state index contributed by atoms with van der Waals surface area (Å²) in [5, 5.41) is 8.98. The maximum Gasteiger partial charge on any atom is 0.226 e. The van der Waals surface area contributed by atoms with Crippen LogP contribution in [0.1, 0.15) is 18.2 Å². The molecule has 0 atom stereocenters. The Morgan fingerprint density at radius 2 is 2.33 bits per heavy atom. The molecule has 0 aliphatic heterocycles. The van der Waals surface area contributed by atoms with Gasteiger partial charge in [0.25, 0.3) is 0 Å². The Labute approximate surface area is 90.0 Å². The molecule has 0 aromatic carbocycles. The summed E-state index contributed by atoms with van der Waals surface area (Å²) >= 11 is 0. The second kappa shape index (κ2) is 5.32. The first-order chi connectivity index (χ1) is 7.22. The summed E-state index contributed by atoms with van der Waals surface area (Å²) in [5.41, 5.74) is 1.54. The molecule has 0 fully saturated rings. The van der Waals surface area contributed by atoms with Crippen molar-refractivity contribution in [1.82, 2.24) is 9.97 Å². The molecule has 1 aromatic rings. The van der Waals surface area contributed by atoms with Crippen LogP contribution in [-0.4, -0.2) is 28.2 Å². The Hall–Kier alpha value is -1.60. The van der Waals surface area contributed by atoms with E-state index in [0.29, 0.717) is 12.5 Å². The number of rotatable bonds is 4. The van der Waals surface area contributed by atoms with Gasteiger partial charge in [0.05, 0.1) is 13.2 Å². The topological polar surface area (TPSA) is 49.2 Å². The summed E-state index contributed by atoms with van der Waals surface area (Å²) in [6, 6.07) is 0. The van der Waals surface area contributed by atoms with Crippen molar-refractivity contribution in [3.63, 3.8) is 0 Å². The second-order valence-electron chi connectivity index (χ2n) is 3.16. The van der Waals surface area contributed by atoms with Gasteiger partial charge >= 0.3 is 0 Å². The summed E-state index contributed by atoms with van der Waals surface area (Å²) in [4.78, 5) is 10.3. The lowest BCUT2D eigenvalue weighted by atomic mass is 10.2. The van der Waals surface area contributed by atoms with Crippen molar-refractivity contribution in [1.29, 1.82) is 0 Å². The molecule has 0 amide bonds. The average molecular weight is 205 g/mol. The molecule has 0 radical (unpaired) electrons. The van der Waals surface area contributed by atoms with Gasteiger partial charge in [-0.25, -0.2) is 9.97 Å². The number of anilines is 1. The van der Waals surface area contributed by atoms with Gasteiger partial charge in [-0.1, -0.05) is 5.92 Å². The van der Waals surface area contributed by atoms with Crippen molar-refractivity contribution >= 4 is 5.95 Å². The van der Waals surface area contributed by atoms with Gasteiger partial charge in [0, 0.05) is 24.0 Å². The van der Waals surface area contributed by atoms with Gasteiger partial charge in [0.15, 0.2) is 0 Å². The standard InChI is InChI=1S/C11H15N3O/c1-4-6-14(5-2)11-12-7-10(8-15)9(3)13-11/h1,7,15H,5-6,8H2,2-3H3. The van der Waals surface area contributed by atoms with E-state index < -0.39 is 0 Å². The van der Waals surface area contributed by atoms with Crippen LogP contribution in [0.15, 0.2) is 6.20 Å². The minimum Gasteiger partial charge on any atom is -0.392 e. The van der Waals surface area contributed by atoms with Crippen LogP contribution >= 0.6 is 0 Å². The van der Waals surface area contributed by atoms with Gasteiger partial charge < -0.3 is 10.0 Å². The van der Waals surface area contributed by atoms with Crippen molar-refractivity contribution < 1.29 is 5.11 Å². The lowest BCUT2D eigenvalue weighted by Gasteiger charge is -2.18. The Balaban J connectivity index is 2.95. The fourth-order valence-electron chi connectivity index (χ4n) is 1.22. The second-order valence-corrected chi connectivity index (χ2v) is 3.16. The summed E-state index contributed by atoms with van der Waals surface area (Å²) in [7, 11) is 0. The summed E-state index contributed by atoms with van der Waals surface area (Å²) in [5.74, 6) is 3.18. The fourth-order valence-corrected chi connectivity index (χ4v) is 1.22. The van der Waals surface area contributed by atoms with Crippen molar-refractivity contribution in [2.45, 2.75) is 20.5 Å². The van der Waals surface area contributed by atoms with Gasteiger partial charge in [0.2, 0.25) is 5.95 Å². The van der Waals surface area contributed by atoms with E-state index in [1.165, 1.54) is 0 Å². The molecule has 1 N–H and O–H groups in total. The van der Waals surface area contributed by atoms with E-state index in [-0.39, 0.29) is 6.61 Å². The Morgan fingerprint density at radius 1 is 1.60 bits per heavy atom. The highest BCUT2D eigenvalue weighted by atomic mass is 16.3. The molecule has 0 saturated carbocycles. The van der Waals surface area contributed by atoms with Crippen LogP contribution in [0.2, 0.25) is 0 Å². The maximum atomic E-state index is 8.98. The third-order valence-electron chi connectivity index (χ3n) is 2.19. The van der Waals surface area contributed by atoms with Gasteiger partial charge in [-0.3, -0.25) is 0 Å². The van der Waals surface area contributed by atoms with E-state index >= 15 is 0 Å². The van der Waals surface area contributed by atoms with Gasteiger partial charge in [-0.15, -0.1) is 6.42 Å². The lowest BCUT2D eigenvalue weighted by molar-refractivity contribution is 0.280. The van der Waals surface area contributed by atoms with Crippen molar-refractivity contribution in [2.75, 3.05) is 18.0 Å². The zero-order chi connectivity index (χ0) is 11.3. The number of nitrogens with zero attached hydrogens (tertiary/aromatic N) is 3. The first kappa shape index (κ1) is 11.5. The highest BCUT2D eigenvalue weighted by molar-refractivity contribution is 5.34. The number of hydrogen-bond acceptors (Lipinski definition) is 4. The van der Waals surface area contributed by atoms with Crippen LogP contribution in [0.5, 0.6) is 0 Å². The average Bonchev–Trinajstić information content (AvgIpc) is 2.25. The maximum absolute atomic E-state index is 8.98. The molecule has 0 aliphatic carbocycles. The summed E-state index contributed by atoms with van der Waals surface area (Å²) in [6.07, 6.45) is 6.88.